The molecule has 0 aliphatic rings. The topological polar surface area (TPSA) is 0 Å². The molecule has 0 spiro atoms. The number of aryl methyl sites for hydroxylation is 2. The number of rotatable bonds is 18. The summed E-state index contributed by atoms with van der Waals surface area (Å²) in [4.78, 5) is 0. The minimum atomic E-state index is 1.15. The molecule has 0 nitrogen and oxygen atoms in total. The van der Waals surface area contributed by atoms with E-state index in [1.165, 1.54) is 120 Å². The molecule has 26 heavy (non-hydrogen) atoms. The molecule has 150 valence electrons. The molecule has 0 amide bonds. The lowest BCUT2D eigenvalue weighted by molar-refractivity contribution is 0.529. The van der Waals surface area contributed by atoms with Gasteiger partial charge >= 0.3 is 0 Å². The first-order valence-corrected chi connectivity index (χ1v) is 11.9. The van der Waals surface area contributed by atoms with E-state index in [1.54, 1.807) is 0 Å². The molecule has 0 saturated carbocycles. The zero-order chi connectivity index (χ0) is 18.7. The Bertz CT molecular complexity index is 389. The summed E-state index contributed by atoms with van der Waals surface area (Å²) in [6.07, 6.45) is 25.6. The van der Waals surface area contributed by atoms with Crippen molar-refractivity contribution in [1.29, 1.82) is 0 Å². The minimum Gasteiger partial charge on any atom is -0.0654 e. The highest BCUT2D eigenvalue weighted by molar-refractivity contribution is 5.22. The van der Waals surface area contributed by atoms with E-state index >= 15 is 0 Å². The van der Waals surface area contributed by atoms with Gasteiger partial charge in [-0.05, 0) is 30.4 Å². The lowest BCUT2D eigenvalue weighted by atomic mass is 10.0. The third-order valence-corrected chi connectivity index (χ3v) is 5.75. The molecular weight excluding hydrogens is 312 g/mol. The summed E-state index contributed by atoms with van der Waals surface area (Å²) in [5.41, 5.74) is 2.98. The van der Waals surface area contributed by atoms with Crippen molar-refractivity contribution in [2.45, 2.75) is 129 Å². The summed E-state index contributed by atoms with van der Waals surface area (Å²) in [7, 11) is 0. The molecule has 0 unspecified atom stereocenters. The first-order chi connectivity index (χ1) is 12.9. The quantitative estimate of drug-likeness (QED) is 0.229. The van der Waals surface area contributed by atoms with Crippen LogP contribution in [0.1, 0.15) is 128 Å². The van der Waals surface area contributed by atoms with Crippen molar-refractivity contribution in [2.75, 3.05) is 0 Å². The Morgan fingerprint density at radius 1 is 0.423 bits per heavy atom. The van der Waals surface area contributed by atoms with Gasteiger partial charge in [-0.3, -0.25) is 0 Å². The maximum atomic E-state index is 2.32. The number of hydrogen-bond acceptors (Lipinski definition) is 0. The first-order valence-electron chi connectivity index (χ1n) is 11.9. The lowest BCUT2D eigenvalue weighted by Gasteiger charge is -2.04. The van der Waals surface area contributed by atoms with Crippen LogP contribution in [-0.2, 0) is 12.8 Å². The highest BCUT2D eigenvalue weighted by Crippen LogP contribution is 2.14. The van der Waals surface area contributed by atoms with Crippen LogP contribution in [0.5, 0.6) is 0 Å². The Hall–Kier alpha value is -0.780. The van der Waals surface area contributed by atoms with Gasteiger partial charge < -0.3 is 0 Å². The molecule has 0 aromatic heterocycles. The summed E-state index contributed by atoms with van der Waals surface area (Å²) < 4.78 is 0. The fraction of sp³-hybridized carbons (Fsp3) is 0.769. The predicted molar refractivity (Wildman–Crippen MR) is 119 cm³/mol. The summed E-state index contributed by atoms with van der Waals surface area (Å²) in [6.45, 7) is 4.52. The second kappa shape index (κ2) is 17.6. The van der Waals surface area contributed by atoms with Crippen LogP contribution in [0.4, 0.5) is 0 Å². The van der Waals surface area contributed by atoms with E-state index in [-0.39, 0.29) is 0 Å². The molecule has 0 heteroatoms. The molecular formula is C26H46. The van der Waals surface area contributed by atoms with Crippen molar-refractivity contribution < 1.29 is 0 Å². The van der Waals surface area contributed by atoms with E-state index in [9.17, 15) is 0 Å². The van der Waals surface area contributed by atoms with Gasteiger partial charge in [0.1, 0.15) is 0 Å². The van der Waals surface area contributed by atoms with Gasteiger partial charge in [0.2, 0.25) is 0 Å². The molecule has 1 rings (SSSR count). The monoisotopic (exact) mass is 358 g/mol. The third-order valence-electron chi connectivity index (χ3n) is 5.75. The van der Waals surface area contributed by atoms with E-state index in [0.29, 0.717) is 0 Å². The van der Waals surface area contributed by atoms with Crippen LogP contribution >= 0.6 is 0 Å². The number of unbranched alkanes of at least 4 members (excludes halogenated alkanes) is 15. The highest BCUT2D eigenvalue weighted by Gasteiger charge is 1.96. The molecule has 0 aliphatic heterocycles. The molecule has 0 aliphatic carbocycles. The van der Waals surface area contributed by atoms with Crippen LogP contribution < -0.4 is 0 Å². The zero-order valence-electron chi connectivity index (χ0n) is 18.0. The van der Waals surface area contributed by atoms with Gasteiger partial charge in [0.15, 0.2) is 0 Å². The molecule has 0 atom stereocenters. The van der Waals surface area contributed by atoms with Gasteiger partial charge in [0.25, 0.3) is 0 Å². The first kappa shape index (κ1) is 23.3. The predicted octanol–water partition coefficient (Wildman–Crippen LogP) is 9.05. The van der Waals surface area contributed by atoms with Crippen molar-refractivity contribution in [2.24, 2.45) is 0 Å². The highest BCUT2D eigenvalue weighted by atomic mass is 14.0. The second-order valence-corrected chi connectivity index (χ2v) is 8.22. The molecule has 0 heterocycles. The summed E-state index contributed by atoms with van der Waals surface area (Å²) >= 11 is 0. The molecule has 0 fully saturated rings. The lowest BCUT2D eigenvalue weighted by Crippen LogP contribution is -1.88. The molecule has 1 aromatic rings. The van der Waals surface area contributed by atoms with Crippen LogP contribution in [0.15, 0.2) is 24.3 Å². The van der Waals surface area contributed by atoms with Crippen LogP contribution in [0, 0.1) is 0 Å². The van der Waals surface area contributed by atoms with Crippen molar-refractivity contribution in [1.82, 2.24) is 0 Å². The maximum Gasteiger partial charge on any atom is -0.0279 e. The van der Waals surface area contributed by atoms with Crippen LogP contribution in [0.25, 0.3) is 0 Å². The Balaban J connectivity index is 1.76. The Morgan fingerprint density at radius 2 is 0.769 bits per heavy atom. The van der Waals surface area contributed by atoms with E-state index in [1.807, 2.05) is 0 Å². The fourth-order valence-corrected chi connectivity index (χ4v) is 3.82. The van der Waals surface area contributed by atoms with Gasteiger partial charge in [-0.2, -0.15) is 0 Å². The Morgan fingerprint density at radius 3 is 1.15 bits per heavy atom. The molecule has 1 aromatic carbocycles. The number of hydrogen-bond donors (Lipinski definition) is 0. The van der Waals surface area contributed by atoms with Crippen molar-refractivity contribution in [3.63, 3.8) is 0 Å². The van der Waals surface area contributed by atoms with Gasteiger partial charge in [-0.25, -0.2) is 0 Å². The SMILES string of the molecule is CCCCCCCCCCCCCCCCCCc1ccc(CC)cc1. The molecule has 0 N–H and O–H groups in total. The summed E-state index contributed by atoms with van der Waals surface area (Å²) in [5.74, 6) is 0. The largest absolute Gasteiger partial charge is 0.0654 e. The smallest absolute Gasteiger partial charge is 0.0279 e. The van der Waals surface area contributed by atoms with Crippen LogP contribution in [0.3, 0.4) is 0 Å². The average molecular weight is 359 g/mol. The van der Waals surface area contributed by atoms with Gasteiger partial charge in [-0.1, -0.05) is 134 Å². The van der Waals surface area contributed by atoms with Gasteiger partial charge in [0, 0.05) is 0 Å². The van der Waals surface area contributed by atoms with E-state index in [0.717, 1.165) is 6.42 Å². The fourth-order valence-electron chi connectivity index (χ4n) is 3.82. The van der Waals surface area contributed by atoms with Crippen molar-refractivity contribution in [3.05, 3.63) is 35.4 Å². The maximum absolute atomic E-state index is 2.32. The molecule has 0 saturated heterocycles. The molecule has 0 bridgehead atoms. The van der Waals surface area contributed by atoms with Crippen molar-refractivity contribution >= 4 is 0 Å². The van der Waals surface area contributed by atoms with E-state index < -0.39 is 0 Å². The minimum absolute atomic E-state index is 1.15. The van der Waals surface area contributed by atoms with Crippen LogP contribution in [0.2, 0.25) is 0 Å². The zero-order valence-corrected chi connectivity index (χ0v) is 18.0. The third kappa shape index (κ3) is 13.4. The normalized spacial score (nSPS) is 11.2. The van der Waals surface area contributed by atoms with Gasteiger partial charge in [-0.15, -0.1) is 0 Å². The van der Waals surface area contributed by atoms with Gasteiger partial charge in [0.05, 0.1) is 0 Å². The molecule has 0 radical (unpaired) electrons. The summed E-state index contributed by atoms with van der Waals surface area (Å²) in [5, 5.41) is 0. The van der Waals surface area contributed by atoms with Crippen LogP contribution in [-0.4, -0.2) is 0 Å². The Labute approximate surface area is 165 Å². The number of benzene rings is 1. The Kier molecular flexibility index (Phi) is 15.8. The summed E-state index contributed by atoms with van der Waals surface area (Å²) in [6, 6.07) is 9.23. The average Bonchev–Trinajstić information content (AvgIpc) is 2.68. The van der Waals surface area contributed by atoms with E-state index in [4.69, 9.17) is 0 Å². The second-order valence-electron chi connectivity index (χ2n) is 8.22. The van der Waals surface area contributed by atoms with Crippen molar-refractivity contribution in [3.8, 4) is 0 Å². The van der Waals surface area contributed by atoms with E-state index in [2.05, 4.69) is 38.1 Å². The standard InChI is InChI=1S/C26H46/c1-3-5-6-7-8-9-10-11-12-13-14-15-16-17-18-19-20-26-23-21-25(4-2)22-24-26/h21-24H,3-20H2,1-2H3.